The quantitative estimate of drug-likeness (QED) is 0.171. The van der Waals surface area contributed by atoms with Crippen molar-refractivity contribution in [3.8, 4) is 45.3 Å². The van der Waals surface area contributed by atoms with Gasteiger partial charge in [-0.2, -0.15) is 0 Å². The second kappa shape index (κ2) is 9.83. The number of phenols is 4. The molecule has 0 saturated carbocycles. The molecular formula is C36H28O4. The van der Waals surface area contributed by atoms with Crippen LogP contribution in [0, 0.1) is 0 Å². The predicted molar refractivity (Wildman–Crippen MR) is 160 cm³/mol. The molecule has 4 N–H and O–H groups in total. The third-order valence-electron chi connectivity index (χ3n) is 7.80. The van der Waals surface area contributed by atoms with E-state index < -0.39 is 5.41 Å². The zero-order chi connectivity index (χ0) is 27.9. The van der Waals surface area contributed by atoms with Crippen molar-refractivity contribution in [3.05, 3.63) is 144 Å². The fourth-order valence-electron chi connectivity index (χ4n) is 5.50. The van der Waals surface area contributed by atoms with Crippen LogP contribution in [0.15, 0.2) is 127 Å². The van der Waals surface area contributed by atoms with E-state index in [9.17, 15) is 20.4 Å². The van der Waals surface area contributed by atoms with Crippen molar-refractivity contribution >= 4 is 10.8 Å². The van der Waals surface area contributed by atoms with Crippen LogP contribution in [0.25, 0.3) is 33.0 Å². The molecule has 0 heterocycles. The van der Waals surface area contributed by atoms with Gasteiger partial charge in [-0.05, 0) is 100 Å². The van der Waals surface area contributed by atoms with Crippen LogP contribution in [0.3, 0.4) is 0 Å². The Bertz CT molecular complexity index is 1740. The highest BCUT2D eigenvalue weighted by atomic mass is 16.3. The van der Waals surface area contributed by atoms with Gasteiger partial charge in [0, 0.05) is 16.5 Å². The summed E-state index contributed by atoms with van der Waals surface area (Å²) in [5.41, 5.74) is 4.73. The lowest BCUT2D eigenvalue weighted by Gasteiger charge is -2.34. The summed E-state index contributed by atoms with van der Waals surface area (Å²) in [5.74, 6) is 0.569. The van der Waals surface area contributed by atoms with Crippen LogP contribution in [0.1, 0.15) is 23.6 Å². The molecule has 6 rings (SSSR count). The molecule has 6 aromatic rings. The summed E-state index contributed by atoms with van der Waals surface area (Å²) in [6.07, 6.45) is 0. The van der Waals surface area contributed by atoms with Crippen molar-refractivity contribution in [2.75, 3.05) is 0 Å². The molecule has 0 spiro atoms. The molecule has 4 nitrogen and oxygen atoms in total. The van der Waals surface area contributed by atoms with Crippen molar-refractivity contribution in [3.63, 3.8) is 0 Å². The molecule has 0 aliphatic heterocycles. The molecule has 0 fully saturated rings. The Balaban J connectivity index is 1.62. The maximum atomic E-state index is 11.4. The van der Waals surface area contributed by atoms with Crippen molar-refractivity contribution < 1.29 is 20.4 Å². The first-order chi connectivity index (χ1) is 19.3. The molecule has 4 heteroatoms. The van der Waals surface area contributed by atoms with Gasteiger partial charge in [0.15, 0.2) is 0 Å². The minimum Gasteiger partial charge on any atom is -0.508 e. The second-order valence-corrected chi connectivity index (χ2v) is 10.2. The average Bonchev–Trinajstić information content (AvgIpc) is 2.98. The van der Waals surface area contributed by atoms with Crippen LogP contribution in [-0.4, -0.2) is 20.4 Å². The van der Waals surface area contributed by atoms with Gasteiger partial charge in [0.2, 0.25) is 0 Å². The molecule has 196 valence electrons. The summed E-state index contributed by atoms with van der Waals surface area (Å²) < 4.78 is 0. The lowest BCUT2D eigenvalue weighted by atomic mass is 9.69. The Morgan fingerprint density at radius 2 is 0.875 bits per heavy atom. The van der Waals surface area contributed by atoms with Gasteiger partial charge in [-0.15, -0.1) is 0 Å². The van der Waals surface area contributed by atoms with Gasteiger partial charge in [-0.1, -0.05) is 72.8 Å². The highest BCUT2D eigenvalue weighted by Gasteiger charge is 2.36. The summed E-state index contributed by atoms with van der Waals surface area (Å²) >= 11 is 0. The molecule has 0 saturated heterocycles. The van der Waals surface area contributed by atoms with Crippen LogP contribution in [-0.2, 0) is 5.41 Å². The number of hydrogen-bond acceptors (Lipinski definition) is 4. The van der Waals surface area contributed by atoms with Crippen molar-refractivity contribution in [1.29, 1.82) is 0 Å². The van der Waals surface area contributed by atoms with Crippen LogP contribution in [0.5, 0.6) is 23.0 Å². The number of aromatic hydroxyl groups is 4. The molecule has 0 atom stereocenters. The number of benzene rings is 6. The SMILES string of the molecule is CC(c1ccc2ccccc2c1)(c1cc(-c2ccc(O)cc2)ccc1O)c1cc(-c2ccc(O)cc2)ccc1O. The Labute approximate surface area is 232 Å². The summed E-state index contributed by atoms with van der Waals surface area (Å²) in [5, 5.41) is 44.5. The van der Waals surface area contributed by atoms with Gasteiger partial charge < -0.3 is 20.4 Å². The zero-order valence-corrected chi connectivity index (χ0v) is 21.9. The Morgan fingerprint density at radius 3 is 1.38 bits per heavy atom. The minimum absolute atomic E-state index is 0.104. The highest BCUT2D eigenvalue weighted by molar-refractivity contribution is 5.84. The van der Waals surface area contributed by atoms with Gasteiger partial charge in [0.05, 0.1) is 0 Å². The zero-order valence-electron chi connectivity index (χ0n) is 21.9. The van der Waals surface area contributed by atoms with E-state index in [1.165, 1.54) is 0 Å². The van der Waals surface area contributed by atoms with Gasteiger partial charge in [0.25, 0.3) is 0 Å². The average molecular weight is 525 g/mol. The number of hydrogen-bond donors (Lipinski definition) is 4. The molecule has 0 unspecified atom stereocenters. The molecule has 0 radical (unpaired) electrons. The first kappa shape index (κ1) is 25.1. The fourth-order valence-corrected chi connectivity index (χ4v) is 5.50. The fraction of sp³-hybridized carbons (Fsp3) is 0.0556. The van der Waals surface area contributed by atoms with E-state index in [-0.39, 0.29) is 23.0 Å². The Hall–Kier alpha value is -5.22. The van der Waals surface area contributed by atoms with Crippen LogP contribution < -0.4 is 0 Å². The maximum Gasteiger partial charge on any atom is 0.120 e. The standard InChI is InChI=1S/C36H28O4/c1-36(29-13-6-23-4-2-3-5-26(23)20-29,32-21-27(11-18-34(32)39)24-7-14-30(37)15-8-24)33-22-28(12-19-35(33)40)25-9-16-31(38)17-10-25/h2-22,37-40H,1H3. The van der Waals surface area contributed by atoms with Crippen LogP contribution >= 0.6 is 0 Å². The smallest absolute Gasteiger partial charge is 0.120 e. The number of fused-ring (bicyclic) bond motifs is 1. The highest BCUT2D eigenvalue weighted by Crippen LogP contribution is 2.48. The van der Waals surface area contributed by atoms with Crippen molar-refractivity contribution in [1.82, 2.24) is 0 Å². The maximum absolute atomic E-state index is 11.4. The molecule has 0 amide bonds. The van der Waals surface area contributed by atoms with Crippen molar-refractivity contribution in [2.45, 2.75) is 12.3 Å². The summed E-state index contributed by atoms with van der Waals surface area (Å²) in [6.45, 7) is 2.02. The lowest BCUT2D eigenvalue weighted by Crippen LogP contribution is -2.26. The third kappa shape index (κ3) is 4.40. The summed E-state index contributed by atoms with van der Waals surface area (Å²) in [7, 11) is 0. The van der Waals surface area contributed by atoms with E-state index >= 15 is 0 Å². The first-order valence-corrected chi connectivity index (χ1v) is 13.1. The van der Waals surface area contributed by atoms with Gasteiger partial charge in [0.1, 0.15) is 23.0 Å². The van der Waals surface area contributed by atoms with Gasteiger partial charge >= 0.3 is 0 Å². The largest absolute Gasteiger partial charge is 0.508 e. The van der Waals surface area contributed by atoms with E-state index in [1.807, 2.05) is 73.7 Å². The van der Waals surface area contributed by atoms with Crippen molar-refractivity contribution in [2.24, 2.45) is 0 Å². The molecule has 0 aliphatic rings. The van der Waals surface area contributed by atoms with Gasteiger partial charge in [-0.3, -0.25) is 0 Å². The van der Waals surface area contributed by atoms with E-state index in [1.54, 1.807) is 36.4 Å². The molecule has 0 aromatic heterocycles. The van der Waals surface area contributed by atoms with Crippen LogP contribution in [0.2, 0.25) is 0 Å². The topological polar surface area (TPSA) is 80.9 Å². The Morgan fingerprint density at radius 1 is 0.425 bits per heavy atom. The molecular weight excluding hydrogens is 496 g/mol. The second-order valence-electron chi connectivity index (χ2n) is 10.2. The van der Waals surface area contributed by atoms with E-state index in [4.69, 9.17) is 0 Å². The predicted octanol–water partition coefficient (Wildman–Crippen LogP) is 8.35. The summed E-state index contributed by atoms with van der Waals surface area (Å²) in [6, 6.07) is 39.1. The minimum atomic E-state index is -0.960. The lowest BCUT2D eigenvalue weighted by molar-refractivity contribution is 0.442. The third-order valence-corrected chi connectivity index (χ3v) is 7.80. The summed E-state index contributed by atoms with van der Waals surface area (Å²) in [4.78, 5) is 0. The van der Waals surface area contributed by atoms with E-state index in [0.717, 1.165) is 38.6 Å². The van der Waals surface area contributed by atoms with E-state index in [2.05, 4.69) is 24.3 Å². The first-order valence-electron chi connectivity index (χ1n) is 13.1. The monoisotopic (exact) mass is 524 g/mol. The van der Waals surface area contributed by atoms with Crippen LogP contribution in [0.4, 0.5) is 0 Å². The van der Waals surface area contributed by atoms with Gasteiger partial charge in [-0.25, -0.2) is 0 Å². The number of rotatable bonds is 5. The normalized spacial score (nSPS) is 11.5. The molecule has 6 aromatic carbocycles. The number of phenolic OH excluding ortho intramolecular Hbond substituents is 4. The van der Waals surface area contributed by atoms with E-state index in [0.29, 0.717) is 11.1 Å². The molecule has 0 bridgehead atoms. The molecule has 40 heavy (non-hydrogen) atoms. The Kier molecular flexibility index (Phi) is 6.16. The molecule has 0 aliphatic carbocycles.